The van der Waals surface area contributed by atoms with Gasteiger partial charge >= 0.3 is 5.88 Å². The van der Waals surface area contributed by atoms with Crippen molar-refractivity contribution >= 4 is 17.9 Å². The minimum Gasteiger partial charge on any atom is -0.284 e. The quantitative estimate of drug-likeness (QED) is 0.453. The summed E-state index contributed by atoms with van der Waals surface area (Å²) in [7, 11) is 0. The normalized spacial score (nSPS) is 11.0. The molecule has 0 radical (unpaired) electrons. The molecule has 122 valence electrons. The summed E-state index contributed by atoms with van der Waals surface area (Å²) < 4.78 is 6.61. The molecule has 1 heterocycles. The van der Waals surface area contributed by atoms with Gasteiger partial charge in [0.05, 0.1) is 0 Å². The van der Waals surface area contributed by atoms with Crippen LogP contribution < -0.4 is 10.00 Å². The van der Waals surface area contributed by atoms with Crippen LogP contribution in [0.15, 0.2) is 70.9 Å². The molecule has 0 atom stereocenters. The minimum atomic E-state index is -0.557. The lowest BCUT2D eigenvalue weighted by molar-refractivity contribution is -0.670. The second kappa shape index (κ2) is 7.23. The fourth-order valence-corrected chi connectivity index (χ4v) is 2.16. The number of hydrogen-bond donors (Lipinski definition) is 1. The molecule has 3 rings (SSSR count). The van der Waals surface area contributed by atoms with Crippen molar-refractivity contribution < 1.29 is 14.0 Å². The maximum atomic E-state index is 12.2. The highest BCUT2D eigenvalue weighted by molar-refractivity contribution is 6.09. The maximum absolute atomic E-state index is 12.2. The topological polar surface area (TPSA) is 82.8 Å². The first kappa shape index (κ1) is 16.1. The van der Waals surface area contributed by atoms with Crippen molar-refractivity contribution in [2.75, 3.05) is 5.32 Å². The summed E-state index contributed by atoms with van der Waals surface area (Å²) in [5.41, 5.74) is 2.67. The molecule has 6 heteroatoms. The molecule has 0 saturated carbocycles. The van der Waals surface area contributed by atoms with Gasteiger partial charge in [0.15, 0.2) is 0 Å². The van der Waals surface area contributed by atoms with Crippen LogP contribution in [-0.4, -0.2) is 11.2 Å². The minimum absolute atomic E-state index is 0.0236. The summed E-state index contributed by atoms with van der Waals surface area (Å²) in [6.45, 7) is 1.99. The molecule has 2 aromatic carbocycles. The van der Waals surface area contributed by atoms with Gasteiger partial charge in [0.25, 0.3) is 12.1 Å². The third-order valence-corrected chi connectivity index (χ3v) is 3.48. The van der Waals surface area contributed by atoms with Crippen LogP contribution in [0.5, 0.6) is 0 Å². The zero-order valence-electron chi connectivity index (χ0n) is 13.5. The molecule has 0 spiro atoms. The van der Waals surface area contributed by atoms with Crippen molar-refractivity contribution in [3.8, 4) is 11.8 Å². The molecule has 25 heavy (non-hydrogen) atoms. The Kier molecular flexibility index (Phi) is 4.67. The number of carbonyl (C=O) groups excluding carboxylic acids is 1. The monoisotopic (exact) mass is 331 g/mol. The van der Waals surface area contributed by atoms with Crippen molar-refractivity contribution in [1.82, 2.24) is 5.27 Å². The van der Waals surface area contributed by atoms with Gasteiger partial charge in [-0.1, -0.05) is 48.0 Å². The van der Waals surface area contributed by atoms with Crippen molar-refractivity contribution in [2.24, 2.45) is 0 Å². The molecule has 0 aliphatic carbocycles. The molecule has 1 amide bonds. The first-order valence-corrected chi connectivity index (χ1v) is 7.59. The third kappa shape index (κ3) is 3.98. The number of benzene rings is 2. The first-order chi connectivity index (χ1) is 12.2. The van der Waals surface area contributed by atoms with Gasteiger partial charge in [-0.15, -0.1) is 0 Å². The Morgan fingerprint density at radius 1 is 1.20 bits per heavy atom. The zero-order valence-corrected chi connectivity index (χ0v) is 13.5. The number of nitriles is 1. The number of anilines is 1. The standard InChI is InChI=1S/C19H14N4O2/c1-14-7-9-17(10-8-14)23-13-18(25-22-23)21-19(24)16(12-20)11-15-5-3-2-4-6-15/h2-11,13H,1H3/p+1. The number of carbonyl (C=O) groups is 1. The summed E-state index contributed by atoms with van der Waals surface area (Å²) in [5, 5.41) is 15.6. The molecule has 0 bridgehead atoms. The number of hydrogen-bond acceptors (Lipinski definition) is 4. The number of nitrogens with one attached hydrogen (secondary N) is 1. The van der Waals surface area contributed by atoms with Gasteiger partial charge in [0.1, 0.15) is 11.6 Å². The first-order valence-electron chi connectivity index (χ1n) is 7.59. The Labute approximate surface area is 144 Å². The maximum Gasteiger partial charge on any atom is 0.303 e. The highest BCUT2D eigenvalue weighted by Gasteiger charge is 2.18. The summed E-state index contributed by atoms with van der Waals surface area (Å²) in [6, 6.07) is 18.7. The van der Waals surface area contributed by atoms with Gasteiger partial charge in [-0.2, -0.15) is 5.26 Å². The predicted molar refractivity (Wildman–Crippen MR) is 91.4 cm³/mol. The Hall–Kier alpha value is -3.72. The molecule has 1 aromatic heterocycles. The number of aromatic nitrogens is 2. The highest BCUT2D eigenvalue weighted by atomic mass is 16.5. The number of aryl methyl sites for hydroxylation is 1. The van der Waals surface area contributed by atoms with Crippen LogP contribution in [0.1, 0.15) is 11.1 Å². The number of amides is 1. The molecule has 0 unspecified atom stereocenters. The van der Waals surface area contributed by atoms with Crippen molar-refractivity contribution in [3.05, 3.63) is 77.5 Å². The van der Waals surface area contributed by atoms with Crippen molar-refractivity contribution in [1.29, 1.82) is 5.26 Å². The molecule has 0 saturated heterocycles. The lowest BCUT2D eigenvalue weighted by atomic mass is 10.1. The van der Waals surface area contributed by atoms with E-state index in [2.05, 4.69) is 10.6 Å². The van der Waals surface area contributed by atoms with Crippen LogP contribution in [-0.2, 0) is 4.79 Å². The van der Waals surface area contributed by atoms with E-state index < -0.39 is 5.91 Å². The van der Waals surface area contributed by atoms with E-state index in [-0.39, 0.29) is 11.5 Å². The third-order valence-electron chi connectivity index (χ3n) is 3.48. The Bertz CT molecular complexity index is 951. The lowest BCUT2D eigenvalue weighted by Crippen LogP contribution is -2.31. The van der Waals surface area contributed by atoms with E-state index in [9.17, 15) is 10.1 Å². The van der Waals surface area contributed by atoms with Crippen LogP contribution in [0.25, 0.3) is 11.8 Å². The largest absolute Gasteiger partial charge is 0.303 e. The summed E-state index contributed by atoms with van der Waals surface area (Å²) >= 11 is 0. The fraction of sp³-hybridized carbons (Fsp3) is 0.0526. The smallest absolute Gasteiger partial charge is 0.284 e. The SMILES string of the molecule is Cc1ccc(-[n+]2cc(NC(=O)C(C#N)=Cc3ccccc3)on2)cc1. The molecule has 0 aliphatic rings. The van der Waals surface area contributed by atoms with Gasteiger partial charge in [-0.05, 0) is 23.2 Å². The molecule has 1 N–H and O–H groups in total. The van der Waals surface area contributed by atoms with E-state index in [1.807, 2.05) is 67.6 Å². The van der Waals surface area contributed by atoms with Crippen molar-refractivity contribution in [3.63, 3.8) is 0 Å². The van der Waals surface area contributed by atoms with Crippen LogP contribution >= 0.6 is 0 Å². The number of nitrogens with zero attached hydrogens (tertiary/aromatic N) is 3. The second-order valence-corrected chi connectivity index (χ2v) is 5.38. The molecule has 3 aromatic rings. The van der Waals surface area contributed by atoms with E-state index in [0.717, 1.165) is 16.8 Å². The van der Waals surface area contributed by atoms with Crippen molar-refractivity contribution in [2.45, 2.75) is 6.92 Å². The molecular weight excluding hydrogens is 316 g/mol. The van der Waals surface area contributed by atoms with Crippen LogP contribution in [0.4, 0.5) is 5.88 Å². The van der Waals surface area contributed by atoms with E-state index in [1.54, 1.807) is 6.20 Å². The lowest BCUT2D eigenvalue weighted by Gasteiger charge is -1.98. The number of rotatable bonds is 4. The van der Waals surface area contributed by atoms with Gasteiger partial charge in [-0.25, -0.2) is 0 Å². The van der Waals surface area contributed by atoms with E-state index in [0.29, 0.717) is 0 Å². The van der Waals surface area contributed by atoms with E-state index in [4.69, 9.17) is 4.52 Å². The summed E-state index contributed by atoms with van der Waals surface area (Å²) in [4.78, 5) is 12.2. The van der Waals surface area contributed by atoms with Gasteiger partial charge in [0, 0.05) is 12.1 Å². The predicted octanol–water partition coefficient (Wildman–Crippen LogP) is 2.81. The second-order valence-electron chi connectivity index (χ2n) is 5.38. The molecule has 6 nitrogen and oxygen atoms in total. The Balaban J connectivity index is 1.76. The Morgan fingerprint density at radius 2 is 1.92 bits per heavy atom. The van der Waals surface area contributed by atoms with Crippen LogP contribution in [0.2, 0.25) is 0 Å². The highest BCUT2D eigenvalue weighted by Crippen LogP contribution is 2.10. The van der Waals surface area contributed by atoms with Gasteiger partial charge in [-0.3, -0.25) is 14.6 Å². The zero-order chi connectivity index (χ0) is 17.6. The Morgan fingerprint density at radius 3 is 2.60 bits per heavy atom. The average molecular weight is 331 g/mol. The summed E-state index contributed by atoms with van der Waals surface area (Å²) in [6.07, 6.45) is 3.06. The average Bonchev–Trinajstić information content (AvgIpc) is 3.09. The molecule has 0 aliphatic heterocycles. The van der Waals surface area contributed by atoms with Crippen LogP contribution in [0, 0.1) is 18.3 Å². The van der Waals surface area contributed by atoms with Gasteiger partial charge in [0.2, 0.25) is 11.0 Å². The summed E-state index contributed by atoms with van der Waals surface area (Å²) in [5.74, 6) is -0.404. The van der Waals surface area contributed by atoms with E-state index in [1.165, 1.54) is 10.8 Å². The van der Waals surface area contributed by atoms with Gasteiger partial charge < -0.3 is 0 Å². The fourth-order valence-electron chi connectivity index (χ4n) is 2.16. The van der Waals surface area contributed by atoms with E-state index >= 15 is 0 Å². The van der Waals surface area contributed by atoms with Crippen LogP contribution in [0.3, 0.4) is 0 Å². The molecule has 0 fully saturated rings. The molecular formula is C19H15N4O2+.